The highest BCUT2D eigenvalue weighted by atomic mass is 32.2. The topological polar surface area (TPSA) is 116 Å². The summed E-state index contributed by atoms with van der Waals surface area (Å²) in [6.07, 6.45) is 1.04. The fourth-order valence-electron chi connectivity index (χ4n) is 4.17. The van der Waals surface area contributed by atoms with Crippen molar-refractivity contribution < 1.29 is 22.8 Å². The molecule has 4 amide bonds. The zero-order valence-corrected chi connectivity index (χ0v) is 20.4. The van der Waals surface area contributed by atoms with Crippen molar-refractivity contribution in [3.8, 4) is 0 Å². The lowest BCUT2D eigenvalue weighted by Crippen LogP contribution is -2.44. The Hall–Kier alpha value is -3.24. The van der Waals surface area contributed by atoms with Crippen LogP contribution in [0.3, 0.4) is 0 Å². The van der Waals surface area contributed by atoms with Crippen LogP contribution in [0, 0.1) is 0 Å². The van der Waals surface area contributed by atoms with Gasteiger partial charge in [0, 0.05) is 18.8 Å². The zero-order valence-electron chi connectivity index (χ0n) is 19.6. The van der Waals surface area contributed by atoms with Gasteiger partial charge in [0.2, 0.25) is 15.9 Å². The number of imide groups is 1. The van der Waals surface area contributed by atoms with E-state index in [1.165, 1.54) is 22.5 Å². The molecule has 3 rings (SSSR count). The summed E-state index contributed by atoms with van der Waals surface area (Å²) in [7, 11) is -3.70. The summed E-state index contributed by atoms with van der Waals surface area (Å²) in [4.78, 5) is 39.7. The maximum Gasteiger partial charge on any atom is 0.325 e. The van der Waals surface area contributed by atoms with E-state index in [4.69, 9.17) is 0 Å². The predicted molar refractivity (Wildman–Crippen MR) is 128 cm³/mol. The quantitative estimate of drug-likeness (QED) is 0.501. The zero-order chi connectivity index (χ0) is 24.9. The predicted octanol–water partition coefficient (Wildman–Crippen LogP) is 2.90. The standard InChI is InChI=1S/C24H30N4O5S/c1-4-15-24(18-11-8-7-9-12-18)22(30)28(23(31)26-24)17-21(29)25-19-13-10-14-20(16-19)34(32,33)27(5-2)6-3/h7-14,16H,4-6,15,17H2,1-3H3,(H,25,29)(H,26,31)/t24-/m0/s1. The van der Waals surface area contributed by atoms with E-state index >= 15 is 0 Å². The van der Waals surface area contributed by atoms with Gasteiger partial charge in [0.15, 0.2) is 0 Å². The van der Waals surface area contributed by atoms with Crippen molar-refractivity contribution in [2.45, 2.75) is 44.0 Å². The lowest BCUT2D eigenvalue weighted by Gasteiger charge is -2.26. The van der Waals surface area contributed by atoms with Gasteiger partial charge in [0.05, 0.1) is 4.90 Å². The molecule has 1 aliphatic rings. The number of carbonyl (C=O) groups is 3. The largest absolute Gasteiger partial charge is 0.325 e. The minimum atomic E-state index is -3.70. The van der Waals surface area contributed by atoms with Crippen molar-refractivity contribution in [3.63, 3.8) is 0 Å². The van der Waals surface area contributed by atoms with Crippen LogP contribution in [0.5, 0.6) is 0 Å². The maximum absolute atomic E-state index is 13.3. The summed E-state index contributed by atoms with van der Waals surface area (Å²) in [6, 6.07) is 14.2. The third-order valence-electron chi connectivity index (χ3n) is 5.83. The number of anilines is 1. The van der Waals surface area contributed by atoms with Gasteiger partial charge in [-0.2, -0.15) is 4.31 Å². The Kier molecular flexibility index (Phi) is 7.73. The number of nitrogens with zero attached hydrogens (tertiary/aromatic N) is 2. The van der Waals surface area contributed by atoms with Gasteiger partial charge in [0.1, 0.15) is 12.1 Å². The van der Waals surface area contributed by atoms with Gasteiger partial charge in [-0.3, -0.25) is 14.5 Å². The van der Waals surface area contributed by atoms with Crippen LogP contribution in [0.4, 0.5) is 10.5 Å². The van der Waals surface area contributed by atoms with Gasteiger partial charge in [0.25, 0.3) is 5.91 Å². The fourth-order valence-corrected chi connectivity index (χ4v) is 5.67. The average molecular weight is 487 g/mol. The van der Waals surface area contributed by atoms with Crippen molar-refractivity contribution in [1.82, 2.24) is 14.5 Å². The van der Waals surface area contributed by atoms with Crippen LogP contribution in [-0.4, -0.2) is 55.1 Å². The molecular weight excluding hydrogens is 456 g/mol. The van der Waals surface area contributed by atoms with Crippen LogP contribution in [0.15, 0.2) is 59.5 Å². The molecule has 0 radical (unpaired) electrons. The summed E-state index contributed by atoms with van der Waals surface area (Å²) < 4.78 is 26.9. The fraction of sp³-hybridized carbons (Fsp3) is 0.375. The van der Waals surface area contributed by atoms with Crippen LogP contribution in [0.2, 0.25) is 0 Å². The van der Waals surface area contributed by atoms with Gasteiger partial charge in [-0.1, -0.05) is 63.6 Å². The molecule has 1 atom stereocenters. The Balaban J connectivity index is 1.78. The highest BCUT2D eigenvalue weighted by molar-refractivity contribution is 7.89. The first kappa shape index (κ1) is 25.4. The maximum atomic E-state index is 13.3. The van der Waals surface area contributed by atoms with E-state index in [0.717, 1.165) is 4.90 Å². The van der Waals surface area contributed by atoms with E-state index in [1.54, 1.807) is 44.2 Å². The molecule has 9 nitrogen and oxygen atoms in total. The monoisotopic (exact) mass is 486 g/mol. The number of hydrogen-bond donors (Lipinski definition) is 2. The minimum absolute atomic E-state index is 0.0510. The molecule has 2 aromatic carbocycles. The molecule has 0 unspecified atom stereocenters. The van der Waals surface area contributed by atoms with Crippen molar-refractivity contribution >= 4 is 33.6 Å². The molecule has 2 N–H and O–H groups in total. The molecule has 34 heavy (non-hydrogen) atoms. The number of benzene rings is 2. The summed E-state index contributed by atoms with van der Waals surface area (Å²) in [6.45, 7) is 5.57. The smallest absolute Gasteiger partial charge is 0.324 e. The molecule has 182 valence electrons. The number of nitrogens with one attached hydrogen (secondary N) is 2. The molecule has 1 saturated heterocycles. The second-order valence-electron chi connectivity index (χ2n) is 8.01. The lowest BCUT2D eigenvalue weighted by atomic mass is 9.85. The van der Waals surface area contributed by atoms with Crippen molar-refractivity contribution in [3.05, 3.63) is 60.2 Å². The number of carbonyl (C=O) groups excluding carboxylic acids is 3. The number of hydrogen-bond acceptors (Lipinski definition) is 5. The molecule has 10 heteroatoms. The summed E-state index contributed by atoms with van der Waals surface area (Å²) in [5, 5.41) is 5.38. The van der Waals surface area contributed by atoms with Gasteiger partial charge in [-0.05, 0) is 30.2 Å². The highest BCUT2D eigenvalue weighted by Crippen LogP contribution is 2.33. The van der Waals surface area contributed by atoms with E-state index < -0.39 is 40.0 Å². The Bertz CT molecular complexity index is 1160. The number of urea groups is 1. The van der Waals surface area contributed by atoms with Crippen LogP contribution < -0.4 is 10.6 Å². The summed E-state index contributed by atoms with van der Waals surface area (Å²) in [5.41, 5.74) is -0.300. The summed E-state index contributed by atoms with van der Waals surface area (Å²) >= 11 is 0. The van der Waals surface area contributed by atoms with Gasteiger partial charge >= 0.3 is 6.03 Å². The molecule has 0 saturated carbocycles. The number of rotatable bonds is 10. The van der Waals surface area contributed by atoms with Crippen LogP contribution in [0.1, 0.15) is 39.2 Å². The normalized spacial score (nSPS) is 18.3. The average Bonchev–Trinajstić information content (AvgIpc) is 3.05. The Morgan fingerprint density at radius 3 is 2.32 bits per heavy atom. The van der Waals surface area contributed by atoms with E-state index in [2.05, 4.69) is 10.6 Å². The van der Waals surface area contributed by atoms with Crippen LogP contribution in [-0.2, 0) is 25.2 Å². The first-order valence-corrected chi connectivity index (χ1v) is 12.7. The molecule has 2 aromatic rings. The van der Waals surface area contributed by atoms with E-state index in [1.807, 2.05) is 13.0 Å². The van der Waals surface area contributed by atoms with Gasteiger partial charge < -0.3 is 10.6 Å². The molecule has 0 spiro atoms. The van der Waals surface area contributed by atoms with Crippen molar-refractivity contribution in [2.75, 3.05) is 25.0 Å². The van der Waals surface area contributed by atoms with Gasteiger partial charge in [-0.25, -0.2) is 13.2 Å². The van der Waals surface area contributed by atoms with Gasteiger partial charge in [-0.15, -0.1) is 0 Å². The molecular formula is C24H30N4O5S. The van der Waals surface area contributed by atoms with Crippen molar-refractivity contribution in [2.24, 2.45) is 0 Å². The molecule has 0 bridgehead atoms. The third kappa shape index (κ3) is 4.83. The third-order valence-corrected chi connectivity index (χ3v) is 7.88. The van der Waals surface area contributed by atoms with E-state index in [0.29, 0.717) is 31.5 Å². The van der Waals surface area contributed by atoms with Crippen LogP contribution >= 0.6 is 0 Å². The Morgan fingerprint density at radius 1 is 1.03 bits per heavy atom. The van der Waals surface area contributed by atoms with Crippen molar-refractivity contribution in [1.29, 1.82) is 0 Å². The van der Waals surface area contributed by atoms with E-state index in [-0.39, 0.29) is 10.6 Å². The second kappa shape index (κ2) is 10.4. The number of amides is 4. The number of sulfonamides is 1. The molecule has 1 fully saturated rings. The lowest BCUT2D eigenvalue weighted by molar-refractivity contribution is -0.134. The molecule has 1 aliphatic heterocycles. The molecule has 0 aliphatic carbocycles. The van der Waals surface area contributed by atoms with E-state index in [9.17, 15) is 22.8 Å². The Labute approximate surface area is 200 Å². The first-order valence-electron chi connectivity index (χ1n) is 11.3. The second-order valence-corrected chi connectivity index (χ2v) is 9.95. The SMILES string of the molecule is CCC[C@@]1(c2ccccc2)NC(=O)N(CC(=O)Nc2cccc(S(=O)(=O)N(CC)CC)c2)C1=O. The molecule has 0 aromatic heterocycles. The Morgan fingerprint density at radius 2 is 1.71 bits per heavy atom. The first-order chi connectivity index (χ1) is 16.2. The minimum Gasteiger partial charge on any atom is -0.324 e. The highest BCUT2D eigenvalue weighted by Gasteiger charge is 2.52. The molecule has 1 heterocycles. The van der Waals surface area contributed by atoms with Crippen LogP contribution in [0.25, 0.3) is 0 Å². The summed E-state index contributed by atoms with van der Waals surface area (Å²) in [5.74, 6) is -1.10.